The molecule has 3 heterocycles. The van der Waals surface area contributed by atoms with Gasteiger partial charge in [0.05, 0.1) is 0 Å². The van der Waals surface area contributed by atoms with E-state index in [2.05, 4.69) is 34.0 Å². The lowest BCUT2D eigenvalue weighted by Gasteiger charge is -2.29. The van der Waals surface area contributed by atoms with Crippen LogP contribution in [-0.2, 0) is 0 Å². The van der Waals surface area contributed by atoms with Gasteiger partial charge in [-0.05, 0) is 71.6 Å². The minimum absolute atomic E-state index is 0.736. The van der Waals surface area contributed by atoms with E-state index in [0.717, 1.165) is 44.1 Å². The van der Waals surface area contributed by atoms with Crippen LogP contribution in [0.2, 0.25) is 0 Å². The SMILES string of the molecule is CCNC(=NCC1CCCN(C)C1)N1CCC(N2CCCC2)C1. The second kappa shape index (κ2) is 8.34. The van der Waals surface area contributed by atoms with E-state index in [1.54, 1.807) is 0 Å². The van der Waals surface area contributed by atoms with Crippen molar-refractivity contribution in [2.24, 2.45) is 10.9 Å². The molecule has 0 spiro atoms. The van der Waals surface area contributed by atoms with E-state index < -0.39 is 0 Å². The molecule has 5 heteroatoms. The van der Waals surface area contributed by atoms with Gasteiger partial charge >= 0.3 is 0 Å². The van der Waals surface area contributed by atoms with E-state index in [9.17, 15) is 0 Å². The lowest BCUT2D eigenvalue weighted by atomic mass is 9.99. The van der Waals surface area contributed by atoms with Gasteiger partial charge < -0.3 is 15.1 Å². The summed E-state index contributed by atoms with van der Waals surface area (Å²) >= 11 is 0. The van der Waals surface area contributed by atoms with Crippen LogP contribution >= 0.6 is 0 Å². The van der Waals surface area contributed by atoms with Gasteiger partial charge in [0.25, 0.3) is 0 Å². The molecule has 5 nitrogen and oxygen atoms in total. The molecule has 3 aliphatic heterocycles. The lowest BCUT2D eigenvalue weighted by Crippen LogP contribution is -2.43. The number of hydrogen-bond donors (Lipinski definition) is 1. The average molecular weight is 322 g/mol. The van der Waals surface area contributed by atoms with Crippen molar-refractivity contribution in [2.45, 2.75) is 45.1 Å². The number of nitrogens with zero attached hydrogens (tertiary/aromatic N) is 4. The zero-order valence-corrected chi connectivity index (χ0v) is 15.1. The van der Waals surface area contributed by atoms with Crippen molar-refractivity contribution < 1.29 is 0 Å². The quantitative estimate of drug-likeness (QED) is 0.628. The van der Waals surface area contributed by atoms with Crippen LogP contribution in [0.3, 0.4) is 0 Å². The summed E-state index contributed by atoms with van der Waals surface area (Å²) in [6.45, 7) is 11.5. The Morgan fingerprint density at radius 1 is 1.04 bits per heavy atom. The highest BCUT2D eigenvalue weighted by atomic mass is 15.3. The first-order chi connectivity index (χ1) is 11.3. The highest BCUT2D eigenvalue weighted by Crippen LogP contribution is 2.21. The lowest BCUT2D eigenvalue weighted by molar-refractivity contribution is 0.214. The molecular weight excluding hydrogens is 286 g/mol. The fourth-order valence-electron chi connectivity index (χ4n) is 4.40. The summed E-state index contributed by atoms with van der Waals surface area (Å²) in [5.74, 6) is 1.89. The number of guanidine groups is 1. The van der Waals surface area contributed by atoms with E-state index >= 15 is 0 Å². The van der Waals surface area contributed by atoms with Crippen LogP contribution in [0.25, 0.3) is 0 Å². The van der Waals surface area contributed by atoms with Crippen LogP contribution in [-0.4, -0.2) is 86.1 Å². The molecule has 0 aliphatic carbocycles. The third-order valence-corrected chi connectivity index (χ3v) is 5.68. The van der Waals surface area contributed by atoms with Gasteiger partial charge in [0.2, 0.25) is 0 Å². The molecule has 0 bridgehead atoms. The Labute approximate surface area is 142 Å². The Kier molecular flexibility index (Phi) is 6.17. The van der Waals surface area contributed by atoms with Gasteiger partial charge in [-0.2, -0.15) is 0 Å². The van der Waals surface area contributed by atoms with Crippen molar-refractivity contribution in [3.63, 3.8) is 0 Å². The largest absolute Gasteiger partial charge is 0.357 e. The average Bonchev–Trinajstić information content (AvgIpc) is 3.22. The number of nitrogens with one attached hydrogen (secondary N) is 1. The number of hydrogen-bond acceptors (Lipinski definition) is 3. The van der Waals surface area contributed by atoms with Crippen LogP contribution in [0.4, 0.5) is 0 Å². The molecule has 3 aliphatic rings. The molecule has 0 radical (unpaired) electrons. The van der Waals surface area contributed by atoms with Crippen molar-refractivity contribution >= 4 is 5.96 Å². The van der Waals surface area contributed by atoms with Gasteiger partial charge in [-0.1, -0.05) is 0 Å². The third-order valence-electron chi connectivity index (χ3n) is 5.68. The van der Waals surface area contributed by atoms with Gasteiger partial charge in [-0.25, -0.2) is 0 Å². The Bertz CT molecular complexity index is 391. The van der Waals surface area contributed by atoms with Crippen molar-refractivity contribution in [1.29, 1.82) is 0 Å². The first kappa shape index (κ1) is 17.0. The van der Waals surface area contributed by atoms with E-state index in [1.807, 2.05) is 0 Å². The summed E-state index contributed by atoms with van der Waals surface area (Å²) < 4.78 is 0. The van der Waals surface area contributed by atoms with Crippen LogP contribution in [0.15, 0.2) is 4.99 Å². The zero-order chi connectivity index (χ0) is 16.1. The Balaban J connectivity index is 1.54. The maximum atomic E-state index is 5.00. The second-order valence-corrected chi connectivity index (χ2v) is 7.60. The van der Waals surface area contributed by atoms with Gasteiger partial charge in [-0.15, -0.1) is 0 Å². The van der Waals surface area contributed by atoms with Crippen LogP contribution in [0.5, 0.6) is 0 Å². The molecule has 2 unspecified atom stereocenters. The number of aliphatic imine (C=N–C) groups is 1. The van der Waals surface area contributed by atoms with Gasteiger partial charge in [0, 0.05) is 38.8 Å². The van der Waals surface area contributed by atoms with Gasteiger partial charge in [0.1, 0.15) is 0 Å². The van der Waals surface area contributed by atoms with E-state index in [0.29, 0.717) is 0 Å². The monoisotopic (exact) mass is 321 g/mol. The summed E-state index contributed by atoms with van der Waals surface area (Å²) in [6, 6.07) is 0.752. The highest BCUT2D eigenvalue weighted by Gasteiger charge is 2.30. The number of piperidine rings is 1. The van der Waals surface area contributed by atoms with Crippen LogP contribution < -0.4 is 5.32 Å². The molecule has 3 saturated heterocycles. The first-order valence-corrected chi connectivity index (χ1v) is 9.72. The smallest absolute Gasteiger partial charge is 0.193 e. The normalized spacial score (nSPS) is 31.0. The summed E-state index contributed by atoms with van der Waals surface area (Å²) in [5, 5.41) is 3.53. The molecule has 2 atom stereocenters. The standard InChI is InChI=1S/C18H35N5/c1-3-19-18(20-13-16-7-6-9-21(2)14-16)23-12-8-17(15-23)22-10-4-5-11-22/h16-17H,3-15H2,1-2H3,(H,19,20). The number of likely N-dealkylation sites (tertiary alicyclic amines) is 3. The molecule has 3 fully saturated rings. The van der Waals surface area contributed by atoms with Crippen molar-refractivity contribution in [1.82, 2.24) is 20.0 Å². The number of rotatable bonds is 4. The molecule has 0 aromatic carbocycles. The van der Waals surface area contributed by atoms with Crippen LogP contribution in [0, 0.1) is 5.92 Å². The topological polar surface area (TPSA) is 34.1 Å². The molecule has 0 aromatic heterocycles. The fourth-order valence-corrected chi connectivity index (χ4v) is 4.40. The second-order valence-electron chi connectivity index (χ2n) is 7.60. The molecule has 3 rings (SSSR count). The zero-order valence-electron chi connectivity index (χ0n) is 15.1. The van der Waals surface area contributed by atoms with E-state index in [-0.39, 0.29) is 0 Å². The summed E-state index contributed by atoms with van der Waals surface area (Å²) in [4.78, 5) is 12.6. The maximum absolute atomic E-state index is 5.00. The Hall–Kier alpha value is -0.810. The molecule has 0 aromatic rings. The maximum Gasteiger partial charge on any atom is 0.193 e. The van der Waals surface area contributed by atoms with Crippen molar-refractivity contribution in [3.8, 4) is 0 Å². The molecule has 23 heavy (non-hydrogen) atoms. The molecule has 1 N–H and O–H groups in total. The van der Waals surface area contributed by atoms with Crippen molar-refractivity contribution in [2.75, 3.05) is 59.4 Å². The summed E-state index contributed by atoms with van der Waals surface area (Å²) in [7, 11) is 2.24. The molecular formula is C18H35N5. The highest BCUT2D eigenvalue weighted by molar-refractivity contribution is 5.80. The predicted molar refractivity (Wildman–Crippen MR) is 97.0 cm³/mol. The predicted octanol–water partition coefficient (Wildman–Crippen LogP) is 1.46. The third kappa shape index (κ3) is 4.60. The Morgan fingerprint density at radius 2 is 1.87 bits per heavy atom. The summed E-state index contributed by atoms with van der Waals surface area (Å²) in [6.07, 6.45) is 6.74. The van der Waals surface area contributed by atoms with E-state index in [4.69, 9.17) is 4.99 Å². The van der Waals surface area contributed by atoms with Crippen LogP contribution in [0.1, 0.15) is 39.0 Å². The molecule has 0 saturated carbocycles. The van der Waals surface area contributed by atoms with Gasteiger partial charge in [0.15, 0.2) is 5.96 Å². The van der Waals surface area contributed by atoms with E-state index in [1.165, 1.54) is 58.3 Å². The molecule has 0 amide bonds. The summed E-state index contributed by atoms with van der Waals surface area (Å²) in [5.41, 5.74) is 0. The minimum atomic E-state index is 0.736. The van der Waals surface area contributed by atoms with Crippen molar-refractivity contribution in [3.05, 3.63) is 0 Å². The first-order valence-electron chi connectivity index (χ1n) is 9.72. The fraction of sp³-hybridized carbons (Fsp3) is 0.944. The Morgan fingerprint density at radius 3 is 2.61 bits per heavy atom. The van der Waals surface area contributed by atoms with Gasteiger partial charge in [-0.3, -0.25) is 9.89 Å². The molecule has 132 valence electrons. The minimum Gasteiger partial charge on any atom is -0.357 e.